The van der Waals surface area contributed by atoms with Gasteiger partial charge in [-0.2, -0.15) is 0 Å². The Morgan fingerprint density at radius 1 is 1.33 bits per heavy atom. The van der Waals surface area contributed by atoms with Gasteiger partial charge in [-0.1, -0.05) is 44.2 Å². The van der Waals surface area contributed by atoms with Gasteiger partial charge in [0.25, 0.3) is 0 Å². The van der Waals surface area contributed by atoms with E-state index in [2.05, 4.69) is 18.2 Å². The Labute approximate surface area is 90.8 Å². The number of aryl methyl sites for hydroxylation is 1. The quantitative estimate of drug-likeness (QED) is 0.668. The summed E-state index contributed by atoms with van der Waals surface area (Å²) < 4.78 is 0. The highest BCUT2D eigenvalue weighted by molar-refractivity contribution is 6.01. The van der Waals surface area contributed by atoms with Gasteiger partial charge < -0.3 is 0 Å². The molecule has 1 aliphatic rings. The molecule has 0 spiro atoms. The first-order chi connectivity index (χ1) is 7.20. The van der Waals surface area contributed by atoms with Crippen LogP contribution >= 0.6 is 0 Å². The second-order valence-electron chi connectivity index (χ2n) is 4.34. The summed E-state index contributed by atoms with van der Waals surface area (Å²) >= 11 is 0. The number of hydrogen-bond donors (Lipinski definition) is 0. The summed E-state index contributed by atoms with van der Waals surface area (Å²) in [7, 11) is 0. The number of ketones is 1. The van der Waals surface area contributed by atoms with Crippen molar-refractivity contribution in [1.82, 2.24) is 0 Å². The summed E-state index contributed by atoms with van der Waals surface area (Å²) in [6.45, 7) is 3.91. The molecule has 1 heteroatoms. The first kappa shape index (κ1) is 10.2. The first-order valence-corrected chi connectivity index (χ1v) is 5.53. The van der Waals surface area contributed by atoms with E-state index < -0.39 is 0 Å². The smallest absolute Gasteiger partial charge is 0.165 e. The van der Waals surface area contributed by atoms with E-state index in [1.165, 1.54) is 5.56 Å². The third kappa shape index (κ3) is 1.87. The van der Waals surface area contributed by atoms with Gasteiger partial charge in [0.2, 0.25) is 0 Å². The van der Waals surface area contributed by atoms with Gasteiger partial charge in [-0.05, 0) is 24.0 Å². The fourth-order valence-corrected chi connectivity index (χ4v) is 1.99. The lowest BCUT2D eigenvalue weighted by Gasteiger charge is -2.15. The molecule has 1 aromatic rings. The van der Waals surface area contributed by atoms with Crippen molar-refractivity contribution >= 4 is 11.9 Å². The molecule has 0 saturated carbocycles. The molecule has 0 atom stereocenters. The van der Waals surface area contributed by atoms with Gasteiger partial charge in [0.15, 0.2) is 5.78 Å². The Morgan fingerprint density at radius 2 is 2.13 bits per heavy atom. The fraction of sp³-hybridized carbons (Fsp3) is 0.357. The van der Waals surface area contributed by atoms with Crippen molar-refractivity contribution in [1.29, 1.82) is 0 Å². The minimum atomic E-state index is 0.0758. The highest BCUT2D eigenvalue weighted by Gasteiger charge is 2.16. The maximum absolute atomic E-state index is 12.0. The lowest BCUT2D eigenvalue weighted by Crippen LogP contribution is -2.11. The van der Waals surface area contributed by atoms with Crippen LogP contribution < -0.4 is 0 Å². The van der Waals surface area contributed by atoms with E-state index in [0.29, 0.717) is 0 Å². The van der Waals surface area contributed by atoms with E-state index in [0.717, 1.165) is 24.0 Å². The summed E-state index contributed by atoms with van der Waals surface area (Å²) in [5, 5.41) is 0. The van der Waals surface area contributed by atoms with Crippen LogP contribution in [0.1, 0.15) is 41.8 Å². The average Bonchev–Trinajstić information content (AvgIpc) is 2.27. The summed E-state index contributed by atoms with van der Waals surface area (Å²) in [5.41, 5.74) is 3.34. The first-order valence-electron chi connectivity index (χ1n) is 5.53. The van der Waals surface area contributed by atoms with Crippen LogP contribution in [-0.2, 0) is 6.42 Å². The number of carbonyl (C=O) groups is 1. The molecule has 0 heterocycles. The molecule has 0 bridgehead atoms. The van der Waals surface area contributed by atoms with Crippen LogP contribution in [0.4, 0.5) is 0 Å². The van der Waals surface area contributed by atoms with E-state index >= 15 is 0 Å². The molecule has 2 rings (SSSR count). The molecule has 0 saturated heterocycles. The monoisotopic (exact) mass is 200 g/mol. The number of hydrogen-bond acceptors (Lipinski definition) is 1. The Morgan fingerprint density at radius 3 is 2.87 bits per heavy atom. The standard InChI is InChI=1S/C14H16O/c1-10(2)14(15)13-9-5-7-11-6-3-4-8-12(11)13/h4-5,7-10H,3,6H2,1-2H3. The molecular weight excluding hydrogens is 184 g/mol. The van der Waals surface area contributed by atoms with Crippen molar-refractivity contribution in [3.63, 3.8) is 0 Å². The van der Waals surface area contributed by atoms with E-state index in [-0.39, 0.29) is 11.7 Å². The second-order valence-corrected chi connectivity index (χ2v) is 4.34. The van der Waals surface area contributed by atoms with Crippen molar-refractivity contribution in [2.75, 3.05) is 0 Å². The van der Waals surface area contributed by atoms with Gasteiger partial charge >= 0.3 is 0 Å². The Hall–Kier alpha value is -1.37. The van der Waals surface area contributed by atoms with E-state index in [1.807, 2.05) is 26.0 Å². The molecule has 78 valence electrons. The zero-order valence-electron chi connectivity index (χ0n) is 9.29. The van der Waals surface area contributed by atoms with Gasteiger partial charge in [0.1, 0.15) is 0 Å². The van der Waals surface area contributed by atoms with Gasteiger partial charge in [-0.25, -0.2) is 0 Å². The summed E-state index contributed by atoms with van der Waals surface area (Å²) in [5.74, 6) is 0.324. The number of allylic oxidation sites excluding steroid dienone is 1. The zero-order chi connectivity index (χ0) is 10.8. The molecule has 0 amide bonds. The average molecular weight is 200 g/mol. The highest BCUT2D eigenvalue weighted by atomic mass is 16.1. The van der Waals surface area contributed by atoms with Crippen LogP contribution in [-0.4, -0.2) is 5.78 Å². The van der Waals surface area contributed by atoms with Crippen molar-refractivity contribution in [3.8, 4) is 0 Å². The topological polar surface area (TPSA) is 17.1 Å². The minimum absolute atomic E-state index is 0.0758. The van der Waals surface area contributed by atoms with Crippen LogP contribution in [0.15, 0.2) is 24.3 Å². The number of carbonyl (C=O) groups excluding carboxylic acids is 1. The third-order valence-corrected chi connectivity index (χ3v) is 2.85. The van der Waals surface area contributed by atoms with Gasteiger partial charge in [-0.15, -0.1) is 0 Å². The SMILES string of the molecule is CC(C)C(=O)c1cccc2c1C=CCC2. The van der Waals surface area contributed by atoms with Crippen molar-refractivity contribution in [2.45, 2.75) is 26.7 Å². The Kier molecular flexibility index (Phi) is 2.72. The molecular formula is C14H16O. The molecule has 0 fully saturated rings. The van der Waals surface area contributed by atoms with Crippen LogP contribution in [0.3, 0.4) is 0 Å². The maximum Gasteiger partial charge on any atom is 0.165 e. The zero-order valence-corrected chi connectivity index (χ0v) is 9.29. The molecule has 1 nitrogen and oxygen atoms in total. The Bertz CT molecular complexity index is 413. The Balaban J connectivity index is 2.50. The number of Topliss-reactive ketones (excluding diaryl/α,β-unsaturated/α-hetero) is 1. The number of rotatable bonds is 2. The van der Waals surface area contributed by atoms with Gasteiger partial charge in [0, 0.05) is 11.5 Å². The van der Waals surface area contributed by atoms with E-state index in [1.54, 1.807) is 0 Å². The molecule has 1 aromatic carbocycles. The van der Waals surface area contributed by atoms with E-state index in [9.17, 15) is 4.79 Å². The lowest BCUT2D eigenvalue weighted by molar-refractivity contribution is 0.0939. The molecule has 0 radical (unpaired) electrons. The third-order valence-electron chi connectivity index (χ3n) is 2.85. The fourth-order valence-electron chi connectivity index (χ4n) is 1.99. The summed E-state index contributed by atoms with van der Waals surface area (Å²) in [4.78, 5) is 12.0. The van der Waals surface area contributed by atoms with Crippen LogP contribution in [0, 0.1) is 5.92 Å². The van der Waals surface area contributed by atoms with Crippen molar-refractivity contribution < 1.29 is 4.79 Å². The summed E-state index contributed by atoms with van der Waals surface area (Å²) in [6.07, 6.45) is 6.39. The predicted molar refractivity (Wildman–Crippen MR) is 63.0 cm³/mol. The minimum Gasteiger partial charge on any atom is -0.294 e. The van der Waals surface area contributed by atoms with Crippen molar-refractivity contribution in [3.05, 3.63) is 41.0 Å². The molecule has 15 heavy (non-hydrogen) atoms. The van der Waals surface area contributed by atoms with Gasteiger partial charge in [-0.3, -0.25) is 4.79 Å². The van der Waals surface area contributed by atoms with Crippen LogP contribution in [0.25, 0.3) is 6.08 Å². The molecule has 0 aromatic heterocycles. The van der Waals surface area contributed by atoms with Crippen LogP contribution in [0.2, 0.25) is 0 Å². The predicted octanol–water partition coefficient (Wildman–Crippen LogP) is 3.48. The molecule has 0 N–H and O–H groups in total. The normalized spacial score (nSPS) is 14.1. The number of fused-ring (bicyclic) bond motifs is 1. The molecule has 0 unspecified atom stereocenters. The van der Waals surface area contributed by atoms with Crippen molar-refractivity contribution in [2.24, 2.45) is 5.92 Å². The highest BCUT2D eigenvalue weighted by Crippen LogP contribution is 2.24. The molecule has 0 aliphatic heterocycles. The largest absolute Gasteiger partial charge is 0.294 e. The lowest BCUT2D eigenvalue weighted by atomic mass is 9.89. The second kappa shape index (κ2) is 4.01. The maximum atomic E-state index is 12.0. The van der Waals surface area contributed by atoms with Crippen LogP contribution in [0.5, 0.6) is 0 Å². The van der Waals surface area contributed by atoms with Gasteiger partial charge in [0.05, 0.1) is 0 Å². The summed E-state index contributed by atoms with van der Waals surface area (Å²) in [6, 6.07) is 6.06. The molecule has 1 aliphatic carbocycles. The number of benzene rings is 1. The van der Waals surface area contributed by atoms with E-state index in [4.69, 9.17) is 0 Å².